The summed E-state index contributed by atoms with van der Waals surface area (Å²) in [6, 6.07) is 0. The largest absolute Gasteiger partial charge is 0.450 e. The summed E-state index contributed by atoms with van der Waals surface area (Å²) >= 11 is 0. The second kappa shape index (κ2) is 7.50. The fourth-order valence-corrected chi connectivity index (χ4v) is 2.40. The Hall–Kier alpha value is -0.920. The average Bonchev–Trinajstić information content (AvgIpc) is 3.02. The molecule has 101 valence electrons. The third kappa shape index (κ3) is 4.40. The number of allylic oxidation sites excluding steroid dienone is 4. The van der Waals surface area contributed by atoms with Gasteiger partial charge in [-0.05, 0) is 44.3 Å². The fraction of sp³-hybridized carbons (Fsp3) is 0.688. The van der Waals surface area contributed by atoms with E-state index >= 15 is 0 Å². The van der Waals surface area contributed by atoms with E-state index in [1.165, 1.54) is 25.7 Å². The predicted molar refractivity (Wildman–Crippen MR) is 73.4 cm³/mol. The van der Waals surface area contributed by atoms with Crippen LogP contribution in [0.1, 0.15) is 71.1 Å². The van der Waals surface area contributed by atoms with E-state index in [1.54, 1.807) is 0 Å². The van der Waals surface area contributed by atoms with Crippen LogP contribution >= 0.6 is 0 Å². The van der Waals surface area contributed by atoms with Crippen molar-refractivity contribution in [3.8, 4) is 0 Å². The van der Waals surface area contributed by atoms with E-state index in [-0.39, 0.29) is 0 Å². The van der Waals surface area contributed by atoms with E-state index < -0.39 is 0 Å². The third-order valence-electron chi connectivity index (χ3n) is 3.47. The van der Waals surface area contributed by atoms with Gasteiger partial charge in [-0.1, -0.05) is 19.8 Å². The molecule has 0 unspecified atom stereocenters. The summed E-state index contributed by atoms with van der Waals surface area (Å²) in [5, 5.41) is 0. The van der Waals surface area contributed by atoms with Crippen LogP contribution in [0, 0.1) is 6.29 Å². The van der Waals surface area contributed by atoms with Crippen molar-refractivity contribution in [2.24, 2.45) is 0 Å². The van der Waals surface area contributed by atoms with Gasteiger partial charge in [0.1, 0.15) is 0 Å². The van der Waals surface area contributed by atoms with Gasteiger partial charge in [0.25, 0.3) is 0 Å². The highest BCUT2D eigenvalue weighted by Crippen LogP contribution is 2.30. The van der Waals surface area contributed by atoms with Gasteiger partial charge in [-0.15, -0.1) is 0 Å². The Balaban J connectivity index is 1.80. The first kappa shape index (κ1) is 13.5. The highest BCUT2D eigenvalue weighted by atomic mass is 16.7. The Morgan fingerprint density at radius 3 is 2.06 bits per heavy atom. The first-order chi connectivity index (χ1) is 8.88. The van der Waals surface area contributed by atoms with Crippen LogP contribution in [-0.4, -0.2) is 0 Å². The van der Waals surface area contributed by atoms with Crippen LogP contribution in [0.2, 0.25) is 0 Å². The maximum Gasteiger partial charge on any atom is 0.329 e. The lowest BCUT2D eigenvalue weighted by atomic mass is 10.2. The van der Waals surface area contributed by atoms with Crippen LogP contribution < -0.4 is 0 Å². The summed E-state index contributed by atoms with van der Waals surface area (Å²) in [5.41, 5.74) is 0. The van der Waals surface area contributed by atoms with E-state index in [1.807, 2.05) is 0 Å². The summed E-state index contributed by atoms with van der Waals surface area (Å²) in [6.07, 6.45) is 16.7. The highest BCUT2D eigenvalue weighted by Gasteiger charge is 2.20. The first-order valence-corrected chi connectivity index (χ1v) is 7.48. The fourth-order valence-electron chi connectivity index (χ4n) is 2.40. The standard InChI is InChI=1S/C16H25O2/c1-2-3-4-13-16(17-14-9-5-6-10-14)18-15-11-7-8-12-15/h9,11H,2-8,10,12-13H2,1H3. The van der Waals surface area contributed by atoms with Crippen LogP contribution in [0.25, 0.3) is 0 Å². The van der Waals surface area contributed by atoms with E-state index in [4.69, 9.17) is 9.47 Å². The molecule has 0 aliphatic heterocycles. The van der Waals surface area contributed by atoms with Crippen LogP contribution in [0.15, 0.2) is 23.7 Å². The SMILES string of the molecule is CCCCC[C](OC1=CCCC1)OC1=CCCC1. The molecule has 0 aromatic rings. The molecule has 0 atom stereocenters. The van der Waals surface area contributed by atoms with Crippen molar-refractivity contribution in [2.45, 2.75) is 71.1 Å². The van der Waals surface area contributed by atoms with Gasteiger partial charge in [0.2, 0.25) is 0 Å². The molecule has 0 amide bonds. The minimum Gasteiger partial charge on any atom is -0.450 e. The molecule has 1 radical (unpaired) electrons. The quantitative estimate of drug-likeness (QED) is 0.549. The first-order valence-electron chi connectivity index (χ1n) is 7.48. The lowest BCUT2D eigenvalue weighted by Gasteiger charge is -2.19. The molecule has 18 heavy (non-hydrogen) atoms. The van der Waals surface area contributed by atoms with Gasteiger partial charge >= 0.3 is 6.29 Å². The highest BCUT2D eigenvalue weighted by molar-refractivity contribution is 5.04. The van der Waals surface area contributed by atoms with E-state index in [0.29, 0.717) is 0 Å². The minimum atomic E-state index is 0.824. The lowest BCUT2D eigenvalue weighted by Crippen LogP contribution is -2.07. The summed E-state index contributed by atoms with van der Waals surface area (Å²) in [5.74, 6) is 2.22. The Labute approximate surface area is 111 Å². The average molecular weight is 249 g/mol. The summed E-state index contributed by atoms with van der Waals surface area (Å²) in [4.78, 5) is 0. The number of rotatable bonds is 8. The summed E-state index contributed by atoms with van der Waals surface area (Å²) < 4.78 is 11.9. The van der Waals surface area contributed by atoms with Gasteiger partial charge < -0.3 is 9.47 Å². The zero-order valence-corrected chi connectivity index (χ0v) is 11.5. The normalized spacial score (nSPS) is 19.0. The van der Waals surface area contributed by atoms with Crippen LogP contribution in [0.5, 0.6) is 0 Å². The summed E-state index contributed by atoms with van der Waals surface area (Å²) in [6.45, 7) is 2.22. The number of hydrogen-bond donors (Lipinski definition) is 0. The van der Waals surface area contributed by atoms with Gasteiger partial charge in [0.15, 0.2) is 0 Å². The van der Waals surface area contributed by atoms with Crippen molar-refractivity contribution < 1.29 is 9.47 Å². The van der Waals surface area contributed by atoms with Crippen LogP contribution in [0.4, 0.5) is 0 Å². The van der Waals surface area contributed by atoms with Crippen LogP contribution in [0.3, 0.4) is 0 Å². The molecule has 2 aliphatic rings. The van der Waals surface area contributed by atoms with Crippen LogP contribution in [-0.2, 0) is 9.47 Å². The van der Waals surface area contributed by atoms with E-state index in [9.17, 15) is 0 Å². The maximum atomic E-state index is 5.93. The molecule has 2 heteroatoms. The molecule has 2 rings (SSSR count). The Bertz CT molecular complexity index is 278. The molecule has 0 N–H and O–H groups in total. The molecular weight excluding hydrogens is 224 g/mol. The van der Waals surface area contributed by atoms with Crippen molar-refractivity contribution >= 4 is 0 Å². The van der Waals surface area contributed by atoms with Crippen molar-refractivity contribution in [3.63, 3.8) is 0 Å². The number of unbranched alkanes of at least 4 members (excludes halogenated alkanes) is 2. The van der Waals surface area contributed by atoms with E-state index in [2.05, 4.69) is 19.1 Å². The number of hydrogen-bond acceptors (Lipinski definition) is 2. The Kier molecular flexibility index (Phi) is 5.63. The molecule has 0 spiro atoms. The molecule has 0 aromatic heterocycles. The van der Waals surface area contributed by atoms with Gasteiger partial charge in [-0.25, -0.2) is 0 Å². The molecule has 2 nitrogen and oxygen atoms in total. The summed E-state index contributed by atoms with van der Waals surface area (Å²) in [7, 11) is 0. The van der Waals surface area contributed by atoms with Gasteiger partial charge in [-0.2, -0.15) is 0 Å². The molecule has 0 bridgehead atoms. The molecule has 0 aromatic carbocycles. The molecule has 2 aliphatic carbocycles. The molecular formula is C16H25O2. The second-order valence-electron chi connectivity index (χ2n) is 5.16. The van der Waals surface area contributed by atoms with Crippen molar-refractivity contribution in [1.29, 1.82) is 0 Å². The van der Waals surface area contributed by atoms with Crippen molar-refractivity contribution in [2.75, 3.05) is 0 Å². The molecule has 0 saturated carbocycles. The van der Waals surface area contributed by atoms with Crippen molar-refractivity contribution in [3.05, 3.63) is 30.0 Å². The zero-order chi connectivity index (χ0) is 12.6. The monoisotopic (exact) mass is 249 g/mol. The molecule has 0 heterocycles. The lowest BCUT2D eigenvalue weighted by molar-refractivity contribution is 0.00840. The maximum absolute atomic E-state index is 5.93. The smallest absolute Gasteiger partial charge is 0.329 e. The third-order valence-corrected chi connectivity index (χ3v) is 3.47. The van der Waals surface area contributed by atoms with E-state index in [0.717, 1.165) is 56.3 Å². The topological polar surface area (TPSA) is 18.5 Å². The molecule has 0 saturated heterocycles. The Morgan fingerprint density at radius 1 is 1.00 bits per heavy atom. The number of ether oxygens (including phenoxy) is 2. The Morgan fingerprint density at radius 2 is 1.61 bits per heavy atom. The van der Waals surface area contributed by atoms with Gasteiger partial charge in [-0.3, -0.25) is 0 Å². The molecule has 0 fully saturated rings. The minimum absolute atomic E-state index is 0.824. The zero-order valence-electron chi connectivity index (χ0n) is 11.5. The predicted octanol–water partition coefficient (Wildman–Crippen LogP) is 5.22. The van der Waals surface area contributed by atoms with Crippen molar-refractivity contribution in [1.82, 2.24) is 0 Å². The van der Waals surface area contributed by atoms with Gasteiger partial charge in [0, 0.05) is 19.3 Å². The van der Waals surface area contributed by atoms with Gasteiger partial charge in [0.05, 0.1) is 11.5 Å². The second-order valence-corrected chi connectivity index (χ2v) is 5.16.